The number of benzene rings is 2. The molecule has 0 fully saturated rings. The zero-order valence-electron chi connectivity index (χ0n) is 15.0. The first-order chi connectivity index (χ1) is 14.0. The quantitative estimate of drug-likeness (QED) is 0.382. The molecule has 0 saturated carbocycles. The number of halogens is 1. The van der Waals surface area contributed by atoms with Gasteiger partial charge in [-0.3, -0.25) is 15.4 Å². The summed E-state index contributed by atoms with van der Waals surface area (Å²) >= 11 is 8.37. The standard InChI is InChI=1S/C19H14ClN5O2S2/c1-10-3-2-4-14-15(10)23-19(29-14)24-16(26)13-9-28-18(22-13)25-17(27)21-12-7-5-11(20)6-8-12/h2-9H,1H3,(H,23,24,26)(H2,21,22,25,27). The van der Waals surface area contributed by atoms with Crippen LogP contribution in [0.25, 0.3) is 10.2 Å². The molecule has 29 heavy (non-hydrogen) atoms. The van der Waals surface area contributed by atoms with Gasteiger partial charge in [-0.2, -0.15) is 0 Å². The average molecular weight is 444 g/mol. The summed E-state index contributed by atoms with van der Waals surface area (Å²) in [5.74, 6) is -0.385. The number of hydrogen-bond donors (Lipinski definition) is 3. The van der Waals surface area contributed by atoms with E-state index in [1.54, 1.807) is 29.6 Å². The molecule has 3 amide bonds. The highest BCUT2D eigenvalue weighted by Gasteiger charge is 2.15. The van der Waals surface area contributed by atoms with E-state index < -0.39 is 6.03 Å². The Morgan fingerprint density at radius 2 is 1.76 bits per heavy atom. The van der Waals surface area contributed by atoms with E-state index in [4.69, 9.17) is 11.6 Å². The molecule has 0 unspecified atom stereocenters. The van der Waals surface area contributed by atoms with E-state index in [0.717, 1.165) is 27.1 Å². The summed E-state index contributed by atoms with van der Waals surface area (Å²) < 4.78 is 1.000. The lowest BCUT2D eigenvalue weighted by Crippen LogP contribution is -2.19. The summed E-state index contributed by atoms with van der Waals surface area (Å²) in [5, 5.41) is 11.0. The van der Waals surface area contributed by atoms with Crippen LogP contribution in [0.15, 0.2) is 47.8 Å². The van der Waals surface area contributed by atoms with Crippen molar-refractivity contribution in [1.29, 1.82) is 0 Å². The van der Waals surface area contributed by atoms with E-state index in [0.29, 0.717) is 21.0 Å². The number of rotatable bonds is 4. The first-order valence-corrected chi connectivity index (χ1v) is 10.5. The number of para-hydroxylation sites is 1. The molecule has 10 heteroatoms. The summed E-state index contributed by atoms with van der Waals surface area (Å²) in [5.41, 5.74) is 2.71. The van der Waals surface area contributed by atoms with Gasteiger partial charge >= 0.3 is 6.03 Å². The fraction of sp³-hybridized carbons (Fsp3) is 0.0526. The first-order valence-electron chi connectivity index (χ1n) is 8.44. The largest absolute Gasteiger partial charge is 0.325 e. The lowest BCUT2D eigenvalue weighted by molar-refractivity contribution is 0.102. The Labute approximate surface area is 178 Å². The van der Waals surface area contributed by atoms with E-state index in [9.17, 15) is 9.59 Å². The molecule has 0 spiro atoms. The van der Waals surface area contributed by atoms with Crippen LogP contribution in [-0.4, -0.2) is 21.9 Å². The van der Waals surface area contributed by atoms with Crippen molar-refractivity contribution in [2.45, 2.75) is 6.92 Å². The first kappa shape index (κ1) is 19.3. The Bertz CT molecular complexity index is 1200. The summed E-state index contributed by atoms with van der Waals surface area (Å²) in [4.78, 5) is 33.2. The summed E-state index contributed by atoms with van der Waals surface area (Å²) in [6.45, 7) is 1.97. The van der Waals surface area contributed by atoms with Crippen molar-refractivity contribution in [3.8, 4) is 0 Å². The second-order valence-corrected chi connectivity index (χ2v) is 8.34. The monoisotopic (exact) mass is 443 g/mol. The Morgan fingerprint density at radius 3 is 2.52 bits per heavy atom. The normalized spacial score (nSPS) is 10.7. The third-order valence-corrected chi connectivity index (χ3v) is 5.85. The lowest BCUT2D eigenvalue weighted by Gasteiger charge is -2.05. The van der Waals surface area contributed by atoms with Crippen molar-refractivity contribution >= 4 is 72.4 Å². The number of anilines is 3. The molecule has 4 rings (SSSR count). The molecule has 2 aromatic heterocycles. The van der Waals surface area contributed by atoms with Crippen molar-refractivity contribution in [1.82, 2.24) is 9.97 Å². The van der Waals surface area contributed by atoms with Crippen LogP contribution in [0.4, 0.5) is 20.7 Å². The zero-order valence-corrected chi connectivity index (χ0v) is 17.4. The number of aromatic nitrogens is 2. The van der Waals surface area contributed by atoms with Crippen molar-refractivity contribution in [3.05, 3.63) is 64.1 Å². The second-order valence-electron chi connectivity index (χ2n) is 6.02. The molecule has 0 atom stereocenters. The number of hydrogen-bond acceptors (Lipinski definition) is 6. The van der Waals surface area contributed by atoms with E-state index in [-0.39, 0.29) is 11.6 Å². The van der Waals surface area contributed by atoms with E-state index in [1.807, 2.05) is 25.1 Å². The molecule has 2 heterocycles. The Morgan fingerprint density at radius 1 is 0.966 bits per heavy atom. The van der Waals surface area contributed by atoms with Gasteiger partial charge in [0.1, 0.15) is 5.69 Å². The number of nitrogens with one attached hydrogen (secondary N) is 3. The van der Waals surface area contributed by atoms with Crippen LogP contribution < -0.4 is 16.0 Å². The van der Waals surface area contributed by atoms with Crippen LogP contribution in [0, 0.1) is 6.92 Å². The number of fused-ring (bicyclic) bond motifs is 1. The number of thiazole rings is 2. The molecule has 0 saturated heterocycles. The predicted molar refractivity (Wildman–Crippen MR) is 119 cm³/mol. The average Bonchev–Trinajstić information content (AvgIpc) is 3.31. The van der Waals surface area contributed by atoms with Crippen LogP contribution >= 0.6 is 34.3 Å². The molecule has 146 valence electrons. The van der Waals surface area contributed by atoms with Gasteiger partial charge in [0.15, 0.2) is 10.3 Å². The van der Waals surface area contributed by atoms with Gasteiger partial charge in [-0.15, -0.1) is 11.3 Å². The number of carbonyl (C=O) groups is 2. The maximum atomic E-state index is 12.5. The van der Waals surface area contributed by atoms with Gasteiger partial charge in [0.05, 0.1) is 10.2 Å². The van der Waals surface area contributed by atoms with Crippen LogP contribution in [0.3, 0.4) is 0 Å². The highest BCUT2D eigenvalue weighted by atomic mass is 35.5. The lowest BCUT2D eigenvalue weighted by atomic mass is 10.2. The third-order valence-electron chi connectivity index (χ3n) is 3.90. The smallest absolute Gasteiger partial charge is 0.308 e. The van der Waals surface area contributed by atoms with Crippen LogP contribution in [0.5, 0.6) is 0 Å². The number of carbonyl (C=O) groups excluding carboxylic acids is 2. The van der Waals surface area contributed by atoms with Crippen LogP contribution in [0.1, 0.15) is 16.1 Å². The minimum Gasteiger partial charge on any atom is -0.308 e. The second kappa shape index (κ2) is 8.16. The van der Waals surface area contributed by atoms with Gasteiger partial charge in [-0.05, 0) is 42.8 Å². The van der Waals surface area contributed by atoms with E-state index >= 15 is 0 Å². The summed E-state index contributed by atoms with van der Waals surface area (Å²) in [7, 11) is 0. The fourth-order valence-electron chi connectivity index (χ4n) is 2.53. The minimum absolute atomic E-state index is 0.202. The number of amides is 3. The number of aryl methyl sites for hydroxylation is 1. The molecule has 3 N–H and O–H groups in total. The molecule has 7 nitrogen and oxygen atoms in total. The highest BCUT2D eigenvalue weighted by Crippen LogP contribution is 2.28. The number of urea groups is 1. The van der Waals surface area contributed by atoms with Crippen LogP contribution in [0.2, 0.25) is 5.02 Å². The Balaban J connectivity index is 1.39. The van der Waals surface area contributed by atoms with Gasteiger partial charge in [0, 0.05) is 16.1 Å². The summed E-state index contributed by atoms with van der Waals surface area (Å²) in [6, 6.07) is 12.1. The van der Waals surface area contributed by atoms with Crippen molar-refractivity contribution in [3.63, 3.8) is 0 Å². The van der Waals surface area contributed by atoms with Gasteiger partial charge in [-0.1, -0.05) is 35.1 Å². The van der Waals surface area contributed by atoms with Gasteiger partial charge < -0.3 is 5.32 Å². The predicted octanol–water partition coefficient (Wildman–Crippen LogP) is 5.61. The van der Waals surface area contributed by atoms with Crippen molar-refractivity contribution in [2.75, 3.05) is 16.0 Å². The van der Waals surface area contributed by atoms with Gasteiger partial charge in [0.25, 0.3) is 5.91 Å². The van der Waals surface area contributed by atoms with Crippen molar-refractivity contribution in [2.24, 2.45) is 0 Å². The Kier molecular flexibility index (Phi) is 5.43. The molecular formula is C19H14ClN5O2S2. The molecule has 0 aliphatic rings. The van der Waals surface area contributed by atoms with Gasteiger partial charge in [-0.25, -0.2) is 14.8 Å². The third kappa shape index (κ3) is 4.53. The molecule has 0 radical (unpaired) electrons. The fourth-order valence-corrected chi connectivity index (χ4v) is 4.28. The maximum absolute atomic E-state index is 12.5. The zero-order chi connectivity index (χ0) is 20.4. The minimum atomic E-state index is -0.463. The molecule has 0 bridgehead atoms. The maximum Gasteiger partial charge on any atom is 0.325 e. The molecule has 4 aromatic rings. The molecular weight excluding hydrogens is 430 g/mol. The van der Waals surface area contributed by atoms with Crippen LogP contribution in [-0.2, 0) is 0 Å². The van der Waals surface area contributed by atoms with Crippen molar-refractivity contribution < 1.29 is 9.59 Å². The SMILES string of the molecule is Cc1cccc2sc(NC(=O)c3csc(NC(=O)Nc4ccc(Cl)cc4)n3)nc12. The highest BCUT2D eigenvalue weighted by molar-refractivity contribution is 7.22. The summed E-state index contributed by atoms with van der Waals surface area (Å²) in [6.07, 6.45) is 0. The topological polar surface area (TPSA) is 96.0 Å². The molecule has 2 aromatic carbocycles. The van der Waals surface area contributed by atoms with E-state index in [2.05, 4.69) is 25.9 Å². The van der Waals surface area contributed by atoms with E-state index in [1.165, 1.54) is 11.3 Å². The Hall–Kier alpha value is -3.01. The number of nitrogens with zero attached hydrogens (tertiary/aromatic N) is 2. The van der Waals surface area contributed by atoms with Gasteiger partial charge in [0.2, 0.25) is 0 Å². The molecule has 0 aliphatic heterocycles. The molecule has 0 aliphatic carbocycles.